The lowest BCUT2D eigenvalue weighted by atomic mass is 10.3. The summed E-state index contributed by atoms with van der Waals surface area (Å²) in [4.78, 5) is 4.45. The Balaban J connectivity index is 1.97. The zero-order valence-corrected chi connectivity index (χ0v) is 10.8. The summed E-state index contributed by atoms with van der Waals surface area (Å²) < 4.78 is 29.8. The molecule has 3 rings (SSSR count). The van der Waals surface area contributed by atoms with Crippen molar-refractivity contribution in [1.82, 2.24) is 4.98 Å². The van der Waals surface area contributed by atoms with Gasteiger partial charge in [0.1, 0.15) is 11.3 Å². The first-order chi connectivity index (χ1) is 9.15. The van der Waals surface area contributed by atoms with Gasteiger partial charge in [-0.2, -0.15) is 0 Å². The maximum absolute atomic E-state index is 12.2. The van der Waals surface area contributed by atoms with E-state index >= 15 is 0 Å². The fourth-order valence-corrected chi connectivity index (χ4v) is 3.04. The molecule has 0 radical (unpaired) electrons. The van der Waals surface area contributed by atoms with Crippen LogP contribution in [0, 0.1) is 0 Å². The van der Waals surface area contributed by atoms with E-state index in [0.29, 0.717) is 11.1 Å². The van der Waals surface area contributed by atoms with E-state index in [4.69, 9.17) is 4.42 Å². The third-order valence-corrected chi connectivity index (χ3v) is 4.37. The lowest BCUT2D eigenvalue weighted by Gasteiger charge is -2.00. The van der Waals surface area contributed by atoms with E-state index in [1.165, 1.54) is 0 Å². The van der Waals surface area contributed by atoms with E-state index in [9.17, 15) is 8.42 Å². The van der Waals surface area contributed by atoms with Crippen molar-refractivity contribution in [2.75, 3.05) is 0 Å². The number of rotatable bonds is 3. The largest absolute Gasteiger partial charge is 0.440 e. The van der Waals surface area contributed by atoms with Gasteiger partial charge in [-0.05, 0) is 24.3 Å². The fraction of sp³-hybridized carbons (Fsp3) is 0.0714. The average Bonchev–Trinajstić information content (AvgIpc) is 2.81. The van der Waals surface area contributed by atoms with Crippen molar-refractivity contribution in [3.63, 3.8) is 0 Å². The number of fused-ring (bicyclic) bond motifs is 1. The van der Waals surface area contributed by atoms with Gasteiger partial charge in [0.15, 0.2) is 15.4 Å². The number of oxazole rings is 1. The van der Waals surface area contributed by atoms with Gasteiger partial charge in [0, 0.05) is 0 Å². The van der Waals surface area contributed by atoms with Gasteiger partial charge >= 0.3 is 0 Å². The normalized spacial score (nSPS) is 11.8. The first-order valence-electron chi connectivity index (χ1n) is 5.77. The average molecular weight is 273 g/mol. The summed E-state index contributed by atoms with van der Waals surface area (Å²) in [6.07, 6.45) is 0. The van der Waals surface area contributed by atoms with Crippen LogP contribution in [0.3, 0.4) is 0 Å². The van der Waals surface area contributed by atoms with E-state index in [1.807, 2.05) is 12.1 Å². The van der Waals surface area contributed by atoms with Gasteiger partial charge in [0.25, 0.3) is 0 Å². The SMILES string of the molecule is O=S(=O)(Cc1nc2ccccc2o1)c1ccccc1. The van der Waals surface area contributed by atoms with Crippen LogP contribution in [-0.2, 0) is 15.6 Å². The minimum absolute atomic E-state index is 0.213. The van der Waals surface area contributed by atoms with Gasteiger partial charge in [-0.25, -0.2) is 13.4 Å². The highest BCUT2D eigenvalue weighted by atomic mass is 32.2. The fourth-order valence-electron chi connectivity index (χ4n) is 1.86. The van der Waals surface area contributed by atoms with Crippen LogP contribution in [0.1, 0.15) is 5.89 Å². The maximum Gasteiger partial charge on any atom is 0.211 e. The van der Waals surface area contributed by atoms with Crippen LogP contribution in [0.2, 0.25) is 0 Å². The molecule has 0 amide bonds. The molecule has 0 fully saturated rings. The second kappa shape index (κ2) is 4.51. The lowest BCUT2D eigenvalue weighted by molar-refractivity contribution is 0.540. The molecule has 1 aromatic heterocycles. The lowest BCUT2D eigenvalue weighted by Crippen LogP contribution is -2.04. The molecular formula is C14H11NO3S. The summed E-state index contributed by atoms with van der Waals surface area (Å²) in [5.74, 6) is -0.0175. The van der Waals surface area contributed by atoms with Crippen molar-refractivity contribution in [1.29, 1.82) is 0 Å². The standard InChI is InChI=1S/C14H11NO3S/c16-19(17,11-6-2-1-3-7-11)10-14-15-12-8-4-5-9-13(12)18-14/h1-9H,10H2. The number of hydrogen-bond acceptors (Lipinski definition) is 4. The third-order valence-electron chi connectivity index (χ3n) is 2.75. The van der Waals surface area contributed by atoms with Crippen LogP contribution < -0.4 is 0 Å². The summed E-state index contributed by atoms with van der Waals surface area (Å²) in [5, 5.41) is 0. The van der Waals surface area contributed by atoms with Crippen molar-refractivity contribution >= 4 is 20.9 Å². The molecule has 0 saturated heterocycles. The molecule has 0 unspecified atom stereocenters. The molecular weight excluding hydrogens is 262 g/mol. The van der Waals surface area contributed by atoms with E-state index in [-0.39, 0.29) is 16.5 Å². The highest BCUT2D eigenvalue weighted by molar-refractivity contribution is 7.90. The monoisotopic (exact) mass is 273 g/mol. The van der Waals surface area contributed by atoms with Gasteiger partial charge < -0.3 is 4.42 Å². The van der Waals surface area contributed by atoms with Crippen LogP contribution >= 0.6 is 0 Å². The smallest absolute Gasteiger partial charge is 0.211 e. The summed E-state index contributed by atoms with van der Waals surface area (Å²) in [6.45, 7) is 0. The van der Waals surface area contributed by atoms with Gasteiger partial charge in [0.2, 0.25) is 5.89 Å². The van der Waals surface area contributed by atoms with E-state index in [2.05, 4.69) is 4.98 Å². The molecule has 0 aliphatic heterocycles. The van der Waals surface area contributed by atoms with E-state index in [0.717, 1.165) is 0 Å². The molecule has 2 aromatic carbocycles. The Kier molecular flexibility index (Phi) is 2.83. The second-order valence-corrected chi connectivity index (χ2v) is 6.14. The molecule has 0 aliphatic carbocycles. The van der Waals surface area contributed by atoms with Crippen molar-refractivity contribution in [2.45, 2.75) is 10.6 Å². The van der Waals surface area contributed by atoms with E-state index < -0.39 is 9.84 Å². The van der Waals surface area contributed by atoms with Crippen LogP contribution in [0.25, 0.3) is 11.1 Å². The highest BCUT2D eigenvalue weighted by Gasteiger charge is 2.18. The molecule has 3 aromatic rings. The molecule has 4 nitrogen and oxygen atoms in total. The summed E-state index contributed by atoms with van der Waals surface area (Å²) >= 11 is 0. The maximum atomic E-state index is 12.2. The second-order valence-electron chi connectivity index (χ2n) is 4.15. The molecule has 19 heavy (non-hydrogen) atoms. The van der Waals surface area contributed by atoms with Gasteiger partial charge in [0.05, 0.1) is 4.90 Å². The molecule has 0 bridgehead atoms. The van der Waals surface area contributed by atoms with Crippen LogP contribution in [-0.4, -0.2) is 13.4 Å². The Hall–Kier alpha value is -2.14. The predicted octanol–water partition coefficient (Wildman–Crippen LogP) is 2.80. The summed E-state index contributed by atoms with van der Waals surface area (Å²) in [7, 11) is -3.42. The predicted molar refractivity (Wildman–Crippen MR) is 71.3 cm³/mol. The minimum atomic E-state index is -3.42. The number of sulfone groups is 1. The van der Waals surface area contributed by atoms with Gasteiger partial charge in [-0.1, -0.05) is 30.3 Å². The van der Waals surface area contributed by atoms with Crippen molar-refractivity contribution in [3.05, 3.63) is 60.5 Å². The summed E-state index contributed by atoms with van der Waals surface area (Å²) in [6, 6.07) is 15.5. The first kappa shape index (κ1) is 11.9. The Morgan fingerprint density at radius 1 is 0.947 bits per heavy atom. The van der Waals surface area contributed by atoms with E-state index in [1.54, 1.807) is 42.5 Å². The van der Waals surface area contributed by atoms with Crippen LogP contribution in [0.4, 0.5) is 0 Å². The number of aromatic nitrogens is 1. The number of benzene rings is 2. The topological polar surface area (TPSA) is 60.2 Å². The molecule has 5 heteroatoms. The first-order valence-corrected chi connectivity index (χ1v) is 7.43. The number of para-hydroxylation sites is 2. The number of nitrogens with zero attached hydrogens (tertiary/aromatic N) is 1. The van der Waals surface area contributed by atoms with Crippen molar-refractivity contribution in [3.8, 4) is 0 Å². The Labute approximate surface area is 110 Å². The van der Waals surface area contributed by atoms with Crippen molar-refractivity contribution in [2.24, 2.45) is 0 Å². The minimum Gasteiger partial charge on any atom is -0.440 e. The van der Waals surface area contributed by atoms with Gasteiger partial charge in [-0.3, -0.25) is 0 Å². The summed E-state index contributed by atoms with van der Waals surface area (Å²) in [5.41, 5.74) is 1.27. The molecule has 96 valence electrons. The third kappa shape index (κ3) is 2.37. The number of hydrogen-bond donors (Lipinski definition) is 0. The Morgan fingerprint density at radius 3 is 2.37 bits per heavy atom. The molecule has 1 heterocycles. The molecule has 0 aliphatic rings. The molecule has 0 atom stereocenters. The van der Waals surface area contributed by atoms with Crippen LogP contribution in [0.15, 0.2) is 63.9 Å². The molecule has 0 spiro atoms. The zero-order chi connectivity index (χ0) is 13.3. The van der Waals surface area contributed by atoms with Crippen LogP contribution in [0.5, 0.6) is 0 Å². The molecule has 0 N–H and O–H groups in total. The quantitative estimate of drug-likeness (QED) is 0.736. The zero-order valence-electron chi connectivity index (χ0n) is 9.98. The highest BCUT2D eigenvalue weighted by Crippen LogP contribution is 2.19. The van der Waals surface area contributed by atoms with Crippen molar-refractivity contribution < 1.29 is 12.8 Å². The molecule has 0 saturated carbocycles. The Bertz CT molecular complexity index is 774. The van der Waals surface area contributed by atoms with Gasteiger partial charge in [-0.15, -0.1) is 0 Å². The Morgan fingerprint density at radius 2 is 1.63 bits per heavy atom.